The predicted molar refractivity (Wildman–Crippen MR) is 76.6 cm³/mol. The molecule has 2 nitrogen and oxygen atoms in total. The van der Waals surface area contributed by atoms with Crippen molar-refractivity contribution in [3.8, 4) is 0 Å². The largest absolute Gasteiger partial charge is 0.367 e. The van der Waals surface area contributed by atoms with Crippen LogP contribution >= 0.6 is 0 Å². The number of hydrogen-bond donors (Lipinski definition) is 0. The summed E-state index contributed by atoms with van der Waals surface area (Å²) in [5.41, 5.74) is 2.95. The molecular formula is C18H20O2. The van der Waals surface area contributed by atoms with Gasteiger partial charge in [-0.05, 0) is 43.2 Å². The molecule has 104 valence electrons. The van der Waals surface area contributed by atoms with Crippen LogP contribution in [0.3, 0.4) is 0 Å². The smallest absolute Gasteiger partial charge is 0.120 e. The van der Waals surface area contributed by atoms with Crippen molar-refractivity contribution >= 4 is 0 Å². The molecule has 2 heterocycles. The molecule has 1 aromatic rings. The van der Waals surface area contributed by atoms with Crippen molar-refractivity contribution in [2.75, 3.05) is 6.61 Å². The second kappa shape index (κ2) is 3.55. The van der Waals surface area contributed by atoms with E-state index in [2.05, 4.69) is 43.3 Å². The number of hydrogen-bond acceptors (Lipinski definition) is 2. The fourth-order valence-electron chi connectivity index (χ4n) is 5.18. The molecule has 0 aromatic heterocycles. The lowest BCUT2D eigenvalue weighted by molar-refractivity contribution is -0.0448. The standard InChI is InChI=1S/C18H20O2/c1-17-10-13-11-18(16(17)20-17)14(8-5-9-19-18)15(13)12-6-3-2-4-7-12/h2-4,6-8,13,15-16H,5,9-11H2,1H3. The first kappa shape index (κ1) is 11.5. The molecule has 4 aliphatic rings. The summed E-state index contributed by atoms with van der Waals surface area (Å²) in [7, 11) is 0. The third kappa shape index (κ3) is 1.27. The average Bonchev–Trinajstić information content (AvgIpc) is 3.07. The SMILES string of the molecule is CC12CC3CC4(OCCC=C4C3c3ccccc3)C1O2. The zero-order chi connectivity index (χ0) is 13.4. The van der Waals surface area contributed by atoms with Crippen molar-refractivity contribution in [1.29, 1.82) is 0 Å². The number of benzene rings is 1. The predicted octanol–water partition coefficient (Wildman–Crippen LogP) is 3.44. The lowest BCUT2D eigenvalue weighted by Gasteiger charge is -2.36. The maximum absolute atomic E-state index is 6.34. The van der Waals surface area contributed by atoms with E-state index in [1.54, 1.807) is 0 Å². The number of fused-ring (bicyclic) bond motifs is 2. The van der Waals surface area contributed by atoms with Gasteiger partial charge in [-0.15, -0.1) is 0 Å². The van der Waals surface area contributed by atoms with Crippen molar-refractivity contribution < 1.29 is 9.47 Å². The Morgan fingerprint density at radius 3 is 2.85 bits per heavy atom. The van der Waals surface area contributed by atoms with Crippen LogP contribution in [0.2, 0.25) is 0 Å². The van der Waals surface area contributed by atoms with E-state index in [1.165, 1.54) is 17.6 Å². The Kier molecular flexibility index (Phi) is 2.05. The molecule has 2 aliphatic carbocycles. The number of ether oxygens (including phenoxy) is 2. The summed E-state index contributed by atoms with van der Waals surface area (Å²) < 4.78 is 12.4. The molecule has 0 radical (unpaired) electrons. The van der Waals surface area contributed by atoms with E-state index in [9.17, 15) is 0 Å². The summed E-state index contributed by atoms with van der Waals surface area (Å²) in [5, 5.41) is 0. The molecular weight excluding hydrogens is 248 g/mol. The summed E-state index contributed by atoms with van der Waals surface area (Å²) in [4.78, 5) is 0. The van der Waals surface area contributed by atoms with Gasteiger partial charge in [0.25, 0.3) is 0 Å². The van der Waals surface area contributed by atoms with Gasteiger partial charge in [0.15, 0.2) is 0 Å². The van der Waals surface area contributed by atoms with Crippen LogP contribution in [0.4, 0.5) is 0 Å². The molecule has 2 saturated carbocycles. The van der Waals surface area contributed by atoms with E-state index < -0.39 is 0 Å². The van der Waals surface area contributed by atoms with Gasteiger partial charge in [-0.3, -0.25) is 0 Å². The fourth-order valence-corrected chi connectivity index (χ4v) is 5.18. The van der Waals surface area contributed by atoms with E-state index in [-0.39, 0.29) is 11.2 Å². The summed E-state index contributed by atoms with van der Waals surface area (Å²) >= 11 is 0. The minimum Gasteiger partial charge on any atom is -0.367 e. The highest BCUT2D eigenvalue weighted by Crippen LogP contribution is 2.68. The molecule has 2 aliphatic heterocycles. The minimum atomic E-state index is -0.101. The molecule has 0 N–H and O–H groups in total. The normalized spacial score (nSPS) is 48.2. The van der Waals surface area contributed by atoms with Crippen LogP contribution in [0, 0.1) is 5.92 Å². The van der Waals surface area contributed by atoms with Crippen molar-refractivity contribution in [2.24, 2.45) is 5.92 Å². The first-order chi connectivity index (χ1) is 9.73. The van der Waals surface area contributed by atoms with Crippen LogP contribution in [-0.4, -0.2) is 23.9 Å². The van der Waals surface area contributed by atoms with Gasteiger partial charge in [0.05, 0.1) is 12.2 Å². The molecule has 1 aromatic carbocycles. The molecule has 2 heteroatoms. The summed E-state index contributed by atoms with van der Waals surface area (Å²) in [6.07, 6.45) is 6.13. The van der Waals surface area contributed by atoms with E-state index in [1.807, 2.05) is 0 Å². The van der Waals surface area contributed by atoms with Gasteiger partial charge >= 0.3 is 0 Å². The van der Waals surface area contributed by atoms with Crippen molar-refractivity contribution in [3.63, 3.8) is 0 Å². The van der Waals surface area contributed by atoms with Crippen LogP contribution in [0.1, 0.15) is 37.7 Å². The van der Waals surface area contributed by atoms with Crippen LogP contribution in [0.15, 0.2) is 42.0 Å². The van der Waals surface area contributed by atoms with Crippen LogP contribution in [-0.2, 0) is 9.47 Å². The number of rotatable bonds is 1. The monoisotopic (exact) mass is 268 g/mol. The summed E-state index contributed by atoms with van der Waals surface area (Å²) in [6.45, 7) is 3.13. The van der Waals surface area contributed by atoms with Gasteiger partial charge < -0.3 is 9.47 Å². The topological polar surface area (TPSA) is 21.8 Å². The Hall–Kier alpha value is -1.12. The van der Waals surface area contributed by atoms with Crippen LogP contribution < -0.4 is 0 Å². The zero-order valence-corrected chi connectivity index (χ0v) is 11.8. The Balaban J connectivity index is 1.66. The maximum atomic E-state index is 6.34. The van der Waals surface area contributed by atoms with Gasteiger partial charge in [-0.1, -0.05) is 36.4 Å². The third-order valence-corrected chi connectivity index (χ3v) is 5.84. The molecule has 2 bridgehead atoms. The first-order valence-electron chi connectivity index (χ1n) is 7.80. The Morgan fingerprint density at radius 2 is 2.00 bits per heavy atom. The van der Waals surface area contributed by atoms with Crippen molar-refractivity contribution in [2.45, 2.75) is 49.4 Å². The maximum Gasteiger partial charge on any atom is 0.120 e. The summed E-state index contributed by atoms with van der Waals surface area (Å²) in [5.74, 6) is 1.22. The second-order valence-electron chi connectivity index (χ2n) is 7.05. The molecule has 5 unspecified atom stereocenters. The number of epoxide rings is 1. The van der Waals surface area contributed by atoms with Gasteiger partial charge in [0.2, 0.25) is 0 Å². The highest BCUT2D eigenvalue weighted by Gasteiger charge is 2.74. The highest BCUT2D eigenvalue weighted by molar-refractivity contribution is 5.46. The third-order valence-electron chi connectivity index (χ3n) is 5.84. The lowest BCUT2D eigenvalue weighted by atomic mass is 9.77. The van der Waals surface area contributed by atoms with Gasteiger partial charge in [0, 0.05) is 5.92 Å². The van der Waals surface area contributed by atoms with E-state index in [4.69, 9.17) is 9.47 Å². The van der Waals surface area contributed by atoms with E-state index >= 15 is 0 Å². The molecule has 3 fully saturated rings. The van der Waals surface area contributed by atoms with E-state index in [0.717, 1.165) is 19.4 Å². The minimum absolute atomic E-state index is 0.0723. The lowest BCUT2D eigenvalue weighted by Crippen LogP contribution is -2.45. The second-order valence-corrected chi connectivity index (χ2v) is 7.05. The van der Waals surface area contributed by atoms with E-state index in [0.29, 0.717) is 17.9 Å². The molecule has 1 spiro atoms. The quantitative estimate of drug-likeness (QED) is 0.575. The molecule has 20 heavy (non-hydrogen) atoms. The van der Waals surface area contributed by atoms with Crippen molar-refractivity contribution in [1.82, 2.24) is 0 Å². The van der Waals surface area contributed by atoms with Gasteiger partial charge in [-0.2, -0.15) is 0 Å². The molecule has 5 rings (SSSR count). The Labute approximate surface area is 119 Å². The molecule has 0 amide bonds. The Morgan fingerprint density at radius 1 is 1.15 bits per heavy atom. The van der Waals surface area contributed by atoms with Crippen LogP contribution in [0.25, 0.3) is 0 Å². The van der Waals surface area contributed by atoms with Crippen molar-refractivity contribution in [3.05, 3.63) is 47.5 Å². The molecule has 5 atom stereocenters. The van der Waals surface area contributed by atoms with Gasteiger partial charge in [-0.25, -0.2) is 0 Å². The average molecular weight is 268 g/mol. The fraction of sp³-hybridized carbons (Fsp3) is 0.556. The Bertz CT molecular complexity index is 593. The van der Waals surface area contributed by atoms with Crippen LogP contribution in [0.5, 0.6) is 0 Å². The zero-order valence-electron chi connectivity index (χ0n) is 11.8. The highest BCUT2D eigenvalue weighted by atomic mass is 16.6. The summed E-state index contributed by atoms with van der Waals surface area (Å²) in [6, 6.07) is 11.0. The molecule has 1 saturated heterocycles. The first-order valence-corrected chi connectivity index (χ1v) is 7.80. The van der Waals surface area contributed by atoms with Gasteiger partial charge in [0.1, 0.15) is 11.7 Å².